The third-order valence-corrected chi connectivity index (χ3v) is 1.54. The van der Waals surface area contributed by atoms with E-state index in [-0.39, 0.29) is 0 Å². The Balaban J connectivity index is -0.000000266. The molecule has 0 heterocycles. The molecule has 0 aromatic heterocycles. The molecule has 0 bridgehead atoms. The molecule has 0 atom stereocenters. The van der Waals surface area contributed by atoms with E-state index in [1.807, 2.05) is 45.4 Å². The van der Waals surface area contributed by atoms with E-state index in [1.54, 1.807) is 0 Å². The van der Waals surface area contributed by atoms with Crippen LogP contribution in [0.5, 0.6) is 0 Å². The fraction of sp³-hybridized carbons (Fsp3) is 0.615. The average Bonchev–Trinajstić information content (AvgIpc) is 2.24. The van der Waals surface area contributed by atoms with Gasteiger partial charge in [0.1, 0.15) is 0 Å². The number of rotatable bonds is 3. The van der Waals surface area contributed by atoms with E-state index in [9.17, 15) is 0 Å². The molecule has 0 spiro atoms. The summed E-state index contributed by atoms with van der Waals surface area (Å²) in [6.07, 6.45) is 7.25. The normalized spacial score (nSPS) is 10.1. The van der Waals surface area contributed by atoms with Crippen molar-refractivity contribution in [3.8, 4) is 0 Å². The summed E-state index contributed by atoms with van der Waals surface area (Å²) in [5.41, 5.74) is 1.27. The van der Waals surface area contributed by atoms with Crippen molar-refractivity contribution in [2.24, 2.45) is 5.92 Å². The predicted molar refractivity (Wildman–Crippen MR) is 65.2 cm³/mol. The van der Waals surface area contributed by atoms with E-state index in [0.29, 0.717) is 5.92 Å². The van der Waals surface area contributed by atoms with Crippen LogP contribution in [-0.4, -0.2) is 4.73 Å². The SMILES string of the molecule is CC.CC.C[C-]=C(C=C[CH]=[V])C(C)C. The molecule has 0 saturated heterocycles. The maximum atomic E-state index is 3.14. The summed E-state index contributed by atoms with van der Waals surface area (Å²) in [4.78, 5) is 0. The second-order valence-corrected chi connectivity index (χ2v) is 2.83. The molecule has 0 amide bonds. The second kappa shape index (κ2) is 18.7. The first-order chi connectivity index (χ1) is 6.72. The van der Waals surface area contributed by atoms with Gasteiger partial charge in [0.15, 0.2) is 0 Å². The van der Waals surface area contributed by atoms with Gasteiger partial charge in [0.25, 0.3) is 0 Å². The summed E-state index contributed by atoms with van der Waals surface area (Å²) in [5.74, 6) is 0.577. The second-order valence-electron chi connectivity index (χ2n) is 2.37. The fourth-order valence-corrected chi connectivity index (χ4v) is 0.846. The Labute approximate surface area is 100.0 Å². The zero-order chi connectivity index (χ0) is 12.0. The van der Waals surface area contributed by atoms with Crippen molar-refractivity contribution in [3.05, 3.63) is 23.8 Å². The van der Waals surface area contributed by atoms with Crippen LogP contribution < -0.4 is 0 Å². The molecule has 0 nitrogen and oxygen atoms in total. The van der Waals surface area contributed by atoms with E-state index in [0.717, 1.165) is 0 Å². The first-order valence-electron chi connectivity index (χ1n) is 5.41. The van der Waals surface area contributed by atoms with Gasteiger partial charge in [-0.05, 0) is 0 Å². The monoisotopic (exact) mass is 232 g/mol. The van der Waals surface area contributed by atoms with E-state index < -0.39 is 0 Å². The minimum absolute atomic E-state index is 0.577. The summed E-state index contributed by atoms with van der Waals surface area (Å²) in [7, 11) is 0. The van der Waals surface area contributed by atoms with Crippen LogP contribution in [0.25, 0.3) is 0 Å². The van der Waals surface area contributed by atoms with E-state index >= 15 is 0 Å². The summed E-state index contributed by atoms with van der Waals surface area (Å²) >= 11 is 2.41. The van der Waals surface area contributed by atoms with Crippen LogP contribution in [0.3, 0.4) is 0 Å². The first kappa shape index (κ1) is 19.5. The van der Waals surface area contributed by atoms with Gasteiger partial charge in [0.2, 0.25) is 0 Å². The molecular formula is C13H25V-. The summed E-state index contributed by atoms with van der Waals surface area (Å²) < 4.78 is 1.96. The molecular weight excluding hydrogens is 207 g/mol. The molecule has 0 N–H and O–H groups in total. The Morgan fingerprint density at radius 3 is 1.79 bits per heavy atom. The molecule has 0 aromatic rings. The van der Waals surface area contributed by atoms with E-state index in [1.165, 1.54) is 5.57 Å². The van der Waals surface area contributed by atoms with Crippen LogP contribution in [0.15, 0.2) is 17.7 Å². The molecule has 83 valence electrons. The van der Waals surface area contributed by atoms with E-state index in [4.69, 9.17) is 0 Å². The fourth-order valence-electron chi connectivity index (χ4n) is 0.711. The third-order valence-electron chi connectivity index (χ3n) is 1.27. The molecule has 0 aromatic carbocycles. The number of hydrogen-bond donors (Lipinski definition) is 0. The van der Waals surface area contributed by atoms with Crippen LogP contribution in [0, 0.1) is 12.0 Å². The third kappa shape index (κ3) is 14.5. The van der Waals surface area contributed by atoms with Gasteiger partial charge in [-0.2, -0.15) is 0 Å². The van der Waals surface area contributed by atoms with Crippen molar-refractivity contribution in [1.29, 1.82) is 0 Å². The van der Waals surface area contributed by atoms with Crippen LogP contribution in [0.4, 0.5) is 0 Å². The van der Waals surface area contributed by atoms with Gasteiger partial charge in [-0.15, -0.1) is 0 Å². The molecule has 14 heavy (non-hydrogen) atoms. The van der Waals surface area contributed by atoms with Crippen LogP contribution in [0.1, 0.15) is 48.5 Å². The van der Waals surface area contributed by atoms with Crippen LogP contribution in [-0.2, 0) is 17.0 Å². The summed E-state index contributed by atoms with van der Waals surface area (Å²) in [6.45, 7) is 14.3. The Morgan fingerprint density at radius 1 is 1.14 bits per heavy atom. The maximum absolute atomic E-state index is 3.14. The van der Waals surface area contributed by atoms with Crippen molar-refractivity contribution in [2.75, 3.05) is 0 Å². The van der Waals surface area contributed by atoms with Gasteiger partial charge in [0.05, 0.1) is 0 Å². The molecule has 0 radical (unpaired) electrons. The first-order valence-corrected chi connectivity index (χ1v) is 6.21. The Morgan fingerprint density at radius 2 is 1.57 bits per heavy atom. The van der Waals surface area contributed by atoms with Gasteiger partial charge in [-0.3, -0.25) is 0 Å². The molecule has 0 aliphatic heterocycles. The predicted octanol–water partition coefficient (Wildman–Crippen LogP) is 4.35. The van der Waals surface area contributed by atoms with Crippen molar-refractivity contribution < 1.29 is 17.0 Å². The molecule has 0 aliphatic rings. The van der Waals surface area contributed by atoms with Crippen LogP contribution >= 0.6 is 0 Å². The van der Waals surface area contributed by atoms with Gasteiger partial charge in [-0.1, -0.05) is 27.7 Å². The zero-order valence-corrected chi connectivity index (χ0v) is 12.2. The molecule has 0 rings (SSSR count). The Bertz CT molecular complexity index is 153. The standard InChI is InChI=1S/C9H13.2C2H6.V/c1-5-7-9(6-2)8(3)4;2*1-2;/h1,5,7-8H,2-4H3;2*1-2H3;/q-1;;;. The van der Waals surface area contributed by atoms with Crippen LogP contribution in [0.2, 0.25) is 0 Å². The van der Waals surface area contributed by atoms with Crippen molar-refractivity contribution in [2.45, 2.75) is 48.5 Å². The van der Waals surface area contributed by atoms with Gasteiger partial charge in [-0.25, -0.2) is 0 Å². The molecule has 1 heteroatoms. The Hall–Kier alpha value is -0.0656. The zero-order valence-electron chi connectivity index (χ0n) is 10.8. The Kier molecular flexibility index (Phi) is 26.0. The van der Waals surface area contributed by atoms with Crippen molar-refractivity contribution in [3.63, 3.8) is 0 Å². The number of hydrogen-bond acceptors (Lipinski definition) is 0. The summed E-state index contributed by atoms with van der Waals surface area (Å²) in [6, 6.07) is 0. The minimum atomic E-state index is 0.577. The molecule has 0 saturated carbocycles. The molecule has 0 fully saturated rings. The molecule has 0 unspecified atom stereocenters. The van der Waals surface area contributed by atoms with Gasteiger partial charge in [0, 0.05) is 0 Å². The van der Waals surface area contributed by atoms with Crippen molar-refractivity contribution in [1.82, 2.24) is 0 Å². The topological polar surface area (TPSA) is 0 Å². The number of allylic oxidation sites excluding steroid dienone is 4. The van der Waals surface area contributed by atoms with Gasteiger partial charge >= 0.3 is 72.2 Å². The quantitative estimate of drug-likeness (QED) is 0.501. The molecule has 0 aliphatic carbocycles. The average molecular weight is 232 g/mol. The summed E-state index contributed by atoms with van der Waals surface area (Å²) in [5, 5.41) is 0. The van der Waals surface area contributed by atoms with Crippen molar-refractivity contribution >= 4 is 4.73 Å². The van der Waals surface area contributed by atoms with E-state index in [2.05, 4.69) is 43.0 Å². The van der Waals surface area contributed by atoms with Gasteiger partial charge < -0.3 is 0 Å².